The first-order chi connectivity index (χ1) is 15.0. The lowest BCUT2D eigenvalue weighted by Crippen LogP contribution is -2.29. The number of hydrogen-bond acceptors (Lipinski definition) is 7. The van der Waals surface area contributed by atoms with Crippen LogP contribution in [0.5, 0.6) is 11.5 Å². The maximum atomic E-state index is 13.1. The Morgan fingerprint density at radius 3 is 2.58 bits per heavy atom. The predicted molar refractivity (Wildman–Crippen MR) is 118 cm³/mol. The van der Waals surface area contributed by atoms with E-state index in [1.54, 1.807) is 67.2 Å². The molecule has 1 aliphatic heterocycles. The minimum absolute atomic E-state index is 0.000912. The number of methoxy groups -OCH3 is 1. The first-order valence-corrected chi connectivity index (χ1v) is 10.5. The van der Waals surface area contributed by atoms with Crippen molar-refractivity contribution in [3.8, 4) is 11.5 Å². The number of anilines is 1. The fraction of sp³-hybridized carbons (Fsp3) is 0.174. The average Bonchev–Trinajstić information content (AvgIpc) is 3.41. The van der Waals surface area contributed by atoms with Gasteiger partial charge in [0.05, 0.1) is 25.3 Å². The second-order valence-corrected chi connectivity index (χ2v) is 7.59. The molecule has 3 aromatic rings. The summed E-state index contributed by atoms with van der Waals surface area (Å²) < 4.78 is 10.7. The largest absolute Gasteiger partial charge is 0.507 e. The minimum Gasteiger partial charge on any atom is -0.507 e. The number of Topliss-reactive ketones (excluding diaryl/α,β-unsaturated/α-hetero) is 1. The number of ether oxygens (including phenoxy) is 2. The summed E-state index contributed by atoms with van der Waals surface area (Å²) in [6.45, 7) is 2.32. The number of nitrogens with zero attached hydrogens (tertiary/aromatic N) is 2. The van der Waals surface area contributed by atoms with Gasteiger partial charge in [0.15, 0.2) is 5.13 Å². The zero-order valence-corrected chi connectivity index (χ0v) is 17.8. The molecule has 1 fully saturated rings. The summed E-state index contributed by atoms with van der Waals surface area (Å²) in [6, 6.07) is 13.0. The first kappa shape index (κ1) is 20.6. The van der Waals surface area contributed by atoms with Gasteiger partial charge >= 0.3 is 5.91 Å². The third-order valence-electron chi connectivity index (χ3n) is 4.92. The topological polar surface area (TPSA) is 89.0 Å². The van der Waals surface area contributed by atoms with Crippen molar-refractivity contribution >= 4 is 33.9 Å². The molecule has 4 rings (SSSR count). The third kappa shape index (κ3) is 3.77. The molecule has 8 heteroatoms. The van der Waals surface area contributed by atoms with Gasteiger partial charge in [-0.2, -0.15) is 0 Å². The van der Waals surface area contributed by atoms with Crippen molar-refractivity contribution < 1.29 is 24.2 Å². The quantitative estimate of drug-likeness (QED) is 0.354. The van der Waals surface area contributed by atoms with E-state index in [9.17, 15) is 14.7 Å². The number of aromatic nitrogens is 1. The molecule has 0 saturated carbocycles. The average molecular weight is 436 g/mol. The van der Waals surface area contributed by atoms with Gasteiger partial charge in [-0.25, -0.2) is 4.98 Å². The van der Waals surface area contributed by atoms with Gasteiger partial charge in [-0.05, 0) is 36.8 Å². The molecule has 2 aromatic carbocycles. The highest BCUT2D eigenvalue weighted by atomic mass is 32.1. The number of aliphatic hydroxyl groups is 1. The summed E-state index contributed by atoms with van der Waals surface area (Å²) in [5.74, 6) is -0.575. The van der Waals surface area contributed by atoms with Gasteiger partial charge in [-0.3, -0.25) is 14.5 Å². The SMILES string of the molecule is CCOc1cccc(C(O)=C2C(=O)C(=O)N(c3nccs3)C2c2ccc(OC)cc2)c1. The lowest BCUT2D eigenvalue weighted by atomic mass is 9.95. The van der Waals surface area contributed by atoms with E-state index in [1.165, 1.54) is 16.2 Å². The van der Waals surface area contributed by atoms with Gasteiger partial charge in [0, 0.05) is 17.1 Å². The van der Waals surface area contributed by atoms with Crippen LogP contribution in [0.25, 0.3) is 5.76 Å². The summed E-state index contributed by atoms with van der Waals surface area (Å²) in [4.78, 5) is 31.6. The normalized spacial score (nSPS) is 17.7. The molecule has 1 unspecified atom stereocenters. The molecule has 1 amide bonds. The smallest absolute Gasteiger partial charge is 0.301 e. The van der Waals surface area contributed by atoms with Gasteiger partial charge in [0.25, 0.3) is 5.78 Å². The van der Waals surface area contributed by atoms with Crippen LogP contribution >= 0.6 is 11.3 Å². The van der Waals surface area contributed by atoms with Crippen LogP contribution in [0.4, 0.5) is 5.13 Å². The minimum atomic E-state index is -0.826. The van der Waals surface area contributed by atoms with Gasteiger partial charge in [0.1, 0.15) is 17.3 Å². The molecule has 1 atom stereocenters. The standard InChI is InChI=1S/C23H20N2O5S/c1-3-30-17-6-4-5-15(13-17)20(26)18-19(14-7-9-16(29-2)10-8-14)25(22(28)21(18)27)23-24-11-12-31-23/h4-13,19,26H,3H2,1-2H3. The van der Waals surface area contributed by atoms with E-state index in [0.29, 0.717) is 34.4 Å². The van der Waals surface area contributed by atoms with E-state index in [-0.39, 0.29) is 11.3 Å². The van der Waals surface area contributed by atoms with Crippen LogP contribution < -0.4 is 14.4 Å². The second kappa shape index (κ2) is 8.61. The highest BCUT2D eigenvalue weighted by Crippen LogP contribution is 2.43. The third-order valence-corrected chi connectivity index (χ3v) is 5.69. The maximum absolute atomic E-state index is 13.1. The first-order valence-electron chi connectivity index (χ1n) is 9.62. The van der Waals surface area contributed by atoms with E-state index in [2.05, 4.69) is 4.98 Å². The molecular weight excluding hydrogens is 416 g/mol. The number of thiazole rings is 1. The van der Waals surface area contributed by atoms with Crippen molar-refractivity contribution in [2.24, 2.45) is 0 Å². The molecule has 0 bridgehead atoms. The van der Waals surface area contributed by atoms with Crippen molar-refractivity contribution in [3.63, 3.8) is 0 Å². The van der Waals surface area contributed by atoms with Crippen molar-refractivity contribution in [2.75, 3.05) is 18.6 Å². The number of aliphatic hydroxyl groups excluding tert-OH is 1. The molecule has 1 aliphatic rings. The second-order valence-electron chi connectivity index (χ2n) is 6.72. The van der Waals surface area contributed by atoms with Gasteiger partial charge < -0.3 is 14.6 Å². The molecule has 158 valence electrons. The number of amides is 1. The molecule has 1 aromatic heterocycles. The Hall–Kier alpha value is -3.65. The molecule has 2 heterocycles. The summed E-state index contributed by atoms with van der Waals surface area (Å²) in [7, 11) is 1.56. The molecule has 1 N–H and O–H groups in total. The van der Waals surface area contributed by atoms with E-state index in [1.807, 2.05) is 6.92 Å². The molecule has 0 aliphatic carbocycles. The number of carbonyl (C=O) groups excluding carboxylic acids is 2. The number of ketones is 1. The van der Waals surface area contributed by atoms with Crippen LogP contribution in [-0.2, 0) is 9.59 Å². The maximum Gasteiger partial charge on any atom is 0.301 e. The lowest BCUT2D eigenvalue weighted by Gasteiger charge is -2.23. The summed E-state index contributed by atoms with van der Waals surface area (Å²) in [5.41, 5.74) is 1.04. The van der Waals surface area contributed by atoms with Crippen molar-refractivity contribution in [1.29, 1.82) is 0 Å². The number of rotatable bonds is 6. The van der Waals surface area contributed by atoms with Crippen LogP contribution in [0.3, 0.4) is 0 Å². The molecule has 7 nitrogen and oxygen atoms in total. The highest BCUT2D eigenvalue weighted by Gasteiger charge is 2.48. The van der Waals surface area contributed by atoms with Crippen LogP contribution in [0.1, 0.15) is 24.1 Å². The van der Waals surface area contributed by atoms with Crippen LogP contribution in [0.15, 0.2) is 65.7 Å². The Labute approximate surface area is 183 Å². The molecule has 0 radical (unpaired) electrons. The summed E-state index contributed by atoms with van der Waals surface area (Å²) in [6.07, 6.45) is 1.57. The predicted octanol–water partition coefficient (Wildman–Crippen LogP) is 4.18. The fourth-order valence-electron chi connectivity index (χ4n) is 3.52. The van der Waals surface area contributed by atoms with Crippen molar-refractivity contribution in [2.45, 2.75) is 13.0 Å². The van der Waals surface area contributed by atoms with E-state index in [4.69, 9.17) is 9.47 Å². The summed E-state index contributed by atoms with van der Waals surface area (Å²) in [5, 5.41) is 13.2. The zero-order valence-electron chi connectivity index (χ0n) is 16.9. The van der Waals surface area contributed by atoms with Crippen LogP contribution in [0, 0.1) is 0 Å². The van der Waals surface area contributed by atoms with E-state index < -0.39 is 17.7 Å². The Morgan fingerprint density at radius 2 is 1.94 bits per heavy atom. The monoisotopic (exact) mass is 436 g/mol. The number of carbonyl (C=O) groups is 2. The molecule has 1 saturated heterocycles. The van der Waals surface area contributed by atoms with Gasteiger partial charge in [0.2, 0.25) is 0 Å². The molecular formula is C23H20N2O5S. The Kier molecular flexibility index (Phi) is 5.73. The van der Waals surface area contributed by atoms with Crippen LogP contribution in [0.2, 0.25) is 0 Å². The number of hydrogen-bond donors (Lipinski definition) is 1. The fourth-order valence-corrected chi connectivity index (χ4v) is 4.19. The zero-order chi connectivity index (χ0) is 22.0. The van der Waals surface area contributed by atoms with E-state index >= 15 is 0 Å². The lowest BCUT2D eigenvalue weighted by molar-refractivity contribution is -0.132. The van der Waals surface area contributed by atoms with Crippen molar-refractivity contribution in [3.05, 3.63) is 76.8 Å². The van der Waals surface area contributed by atoms with Crippen molar-refractivity contribution in [1.82, 2.24) is 4.98 Å². The molecule has 31 heavy (non-hydrogen) atoms. The highest BCUT2D eigenvalue weighted by molar-refractivity contribution is 7.14. The number of benzene rings is 2. The Balaban J connectivity index is 1.89. The van der Waals surface area contributed by atoms with Gasteiger partial charge in [-0.1, -0.05) is 24.3 Å². The Morgan fingerprint density at radius 1 is 1.16 bits per heavy atom. The summed E-state index contributed by atoms with van der Waals surface area (Å²) >= 11 is 1.24. The van der Waals surface area contributed by atoms with E-state index in [0.717, 1.165) is 0 Å². The Bertz CT molecular complexity index is 1140. The van der Waals surface area contributed by atoms with Gasteiger partial charge in [-0.15, -0.1) is 11.3 Å². The van der Waals surface area contributed by atoms with Crippen LogP contribution in [-0.4, -0.2) is 35.5 Å². The molecule has 0 spiro atoms.